The van der Waals surface area contributed by atoms with Crippen LogP contribution in [0.25, 0.3) is 0 Å². The van der Waals surface area contributed by atoms with E-state index in [1.807, 2.05) is 0 Å². The number of hydrogen-bond acceptors (Lipinski definition) is 2. The van der Waals surface area contributed by atoms with Gasteiger partial charge in [-0.25, -0.2) is 0 Å². The van der Waals surface area contributed by atoms with Crippen molar-refractivity contribution >= 4 is 19.8 Å². The van der Waals surface area contributed by atoms with Gasteiger partial charge in [-0.15, -0.1) is 0 Å². The molecule has 0 spiro atoms. The zero-order chi connectivity index (χ0) is 4.50. The molecule has 4 nitrogen and oxygen atoms in total. The monoisotopic (exact) mass is 189 g/mol. The molecule has 2 atom stereocenters. The fourth-order valence-electron chi connectivity index (χ4n) is 0. The zero-order valence-corrected chi connectivity index (χ0v) is 7.51. The number of hydrogen-bond donors (Lipinski definition) is 2. The first-order valence-corrected chi connectivity index (χ1v) is 2.67. The van der Waals surface area contributed by atoms with E-state index in [2.05, 4.69) is 0 Å². The van der Waals surface area contributed by atoms with Crippen LogP contribution in [0.1, 0.15) is 0 Å². The molecule has 2 unspecified atom stereocenters. The Morgan fingerprint density at radius 2 is 1.00 bits per heavy atom. The molecule has 0 rings (SSSR count). The average Bonchev–Trinajstić information content (AvgIpc) is 0.722. The molecule has 0 bridgehead atoms. The fourth-order valence-corrected chi connectivity index (χ4v) is 0. The van der Waals surface area contributed by atoms with Crippen molar-refractivity contribution in [3.8, 4) is 0 Å². The van der Waals surface area contributed by atoms with Crippen LogP contribution < -0.4 is 0 Å². The van der Waals surface area contributed by atoms with Gasteiger partial charge in [-0.3, -0.25) is 0 Å². The summed E-state index contributed by atoms with van der Waals surface area (Å²) in [5, 5.41) is 0. The van der Waals surface area contributed by atoms with E-state index in [4.69, 9.17) is 16.0 Å². The second-order valence-corrected chi connectivity index (χ2v) is 1.71. The summed E-state index contributed by atoms with van der Waals surface area (Å²) >= 11 is -5.12. The van der Waals surface area contributed by atoms with Crippen LogP contribution in [-0.4, -0.2) is 8.38 Å². The van der Waals surface area contributed by atoms with E-state index < -0.39 is 13.4 Å². The average molecular weight is 189 g/mol. The van der Waals surface area contributed by atoms with Gasteiger partial charge in [0.25, 0.3) is 0 Å². The molecule has 0 amide bonds. The molecule has 0 saturated carbocycles. The van der Waals surface area contributed by atoms with Gasteiger partial charge in [0.15, 0.2) is 0 Å². The van der Waals surface area contributed by atoms with Gasteiger partial charge in [0, 0.05) is 0 Å². The van der Waals surface area contributed by atoms with Crippen LogP contribution in [0.4, 0.5) is 0 Å². The van der Waals surface area contributed by atoms with Crippen molar-refractivity contribution in [3.63, 3.8) is 0 Å². The molecule has 0 radical (unpaired) electrons. The third-order valence-corrected chi connectivity index (χ3v) is 0. The molecular weight excluding hydrogens is 181 g/mol. The summed E-state index contributed by atoms with van der Waals surface area (Å²) in [4.78, 5) is 0. The van der Waals surface area contributed by atoms with Crippen LogP contribution in [-0.2, 0) is 21.0 Å². The van der Waals surface area contributed by atoms with Crippen molar-refractivity contribution in [2.24, 2.45) is 0 Å². The summed E-state index contributed by atoms with van der Waals surface area (Å²) in [6.45, 7) is 0. The molecule has 0 saturated heterocycles. The first-order valence-electron chi connectivity index (χ1n) is 0.647. The van der Waals surface area contributed by atoms with Gasteiger partial charge in [-0.05, 0) is 0 Å². The topological polar surface area (TPSA) is 74.6 Å². The van der Waals surface area contributed by atoms with Crippen molar-refractivity contribution in [2.75, 3.05) is 0 Å². The summed E-state index contributed by atoms with van der Waals surface area (Å²) in [5.74, 6) is 0. The Kier molecular flexibility index (Phi) is 11.3. The predicted molar refractivity (Wildman–Crippen MR) is 28.0 cm³/mol. The van der Waals surface area contributed by atoms with E-state index in [1.54, 1.807) is 0 Å². The zero-order valence-electron chi connectivity index (χ0n) is 3.50. The van der Waals surface area contributed by atoms with Crippen molar-refractivity contribution in [1.82, 2.24) is 0 Å². The van der Waals surface area contributed by atoms with E-state index in [-0.39, 0.29) is 19.8 Å². The van der Waals surface area contributed by atoms with Gasteiger partial charge in [-0.1, -0.05) is 0 Å². The molecule has 7 heavy (non-hydrogen) atoms. The summed E-state index contributed by atoms with van der Waals surface area (Å²) < 4.78 is 31.8. The Morgan fingerprint density at radius 1 is 1.00 bits per heavy atom. The Hall–Kier alpha value is 0.899. The molecule has 0 aliphatic carbocycles. The third-order valence-electron chi connectivity index (χ3n) is 0. The minimum absolute atomic E-state index is 0. The molecule has 0 aromatic heterocycles. The van der Waals surface area contributed by atoms with Crippen LogP contribution >= 0.6 is 19.8 Å². The summed E-state index contributed by atoms with van der Waals surface area (Å²) in [6, 6.07) is 0. The first kappa shape index (κ1) is 15.7. The van der Waals surface area contributed by atoms with Gasteiger partial charge in [0.2, 0.25) is 0 Å². The Labute approximate surface area is 49.8 Å². The first-order chi connectivity index (χ1) is 2.00. The standard InChI is InChI=1S/Mn.2H2O.2O.2H3P/h;2*1H2;;;2*1H3/q+2;;;;;;/p-2. The second kappa shape index (κ2) is 5.04. The van der Waals surface area contributed by atoms with E-state index in [0.29, 0.717) is 0 Å². The van der Waals surface area contributed by atoms with Gasteiger partial charge >= 0.3 is 29.4 Å². The molecule has 2 N–H and O–H groups in total. The molecule has 0 heterocycles. The van der Waals surface area contributed by atoms with Gasteiger partial charge in [0.05, 0.1) is 0 Å². The van der Waals surface area contributed by atoms with Crippen LogP contribution in [0.2, 0.25) is 0 Å². The molecule has 0 aliphatic heterocycles. The van der Waals surface area contributed by atoms with Crippen molar-refractivity contribution in [1.29, 1.82) is 0 Å². The number of rotatable bonds is 0. The second-order valence-electron chi connectivity index (χ2n) is 0.415. The van der Waals surface area contributed by atoms with Gasteiger partial charge in [-0.2, -0.15) is 19.8 Å². The Morgan fingerprint density at radius 3 is 1.00 bits per heavy atom. The maximum atomic E-state index is 8.80. The van der Waals surface area contributed by atoms with Crippen molar-refractivity contribution < 1.29 is 29.4 Å². The SMILES string of the molecule is P.P.[O]=[Mn](=[O])([OH])[OH]. The van der Waals surface area contributed by atoms with Gasteiger partial charge < -0.3 is 0 Å². The van der Waals surface area contributed by atoms with Crippen LogP contribution in [0, 0.1) is 0 Å². The molecule has 0 aliphatic rings. The van der Waals surface area contributed by atoms with Crippen molar-refractivity contribution in [3.05, 3.63) is 0 Å². The third kappa shape index (κ3) is 205. The van der Waals surface area contributed by atoms with Crippen molar-refractivity contribution in [2.45, 2.75) is 0 Å². The molecule has 0 aromatic rings. The summed E-state index contributed by atoms with van der Waals surface area (Å²) in [7, 11) is 0. The molecular formula is H8MnO4P2. The van der Waals surface area contributed by atoms with Crippen LogP contribution in [0.3, 0.4) is 0 Å². The molecule has 7 heteroatoms. The quantitative estimate of drug-likeness (QED) is 0.369. The van der Waals surface area contributed by atoms with Crippen LogP contribution in [0.5, 0.6) is 0 Å². The Balaban J connectivity index is -0.0000000800. The predicted octanol–water partition coefficient (Wildman–Crippen LogP) is -1.24. The van der Waals surface area contributed by atoms with E-state index >= 15 is 0 Å². The van der Waals surface area contributed by atoms with Crippen LogP contribution in [0.15, 0.2) is 0 Å². The normalized spacial score (nSPS) is 8.29. The Bertz CT molecular complexity index is 92.9. The molecule has 0 fully saturated rings. The van der Waals surface area contributed by atoms with Gasteiger partial charge in [0.1, 0.15) is 0 Å². The minimum atomic E-state index is -5.12. The fraction of sp³-hybridized carbons (Fsp3) is 0. The van der Waals surface area contributed by atoms with E-state index in [0.717, 1.165) is 0 Å². The van der Waals surface area contributed by atoms with E-state index in [9.17, 15) is 0 Å². The molecule has 0 aromatic carbocycles. The summed E-state index contributed by atoms with van der Waals surface area (Å²) in [5.41, 5.74) is 0. The maximum absolute atomic E-state index is 8.80. The molecule has 49 valence electrons. The van der Waals surface area contributed by atoms with E-state index in [1.165, 1.54) is 0 Å². The summed E-state index contributed by atoms with van der Waals surface area (Å²) in [6.07, 6.45) is 0.